The Morgan fingerprint density at radius 1 is 0.941 bits per heavy atom. The molecule has 1 N–H and O–H groups in total. The van der Waals surface area contributed by atoms with Crippen LogP contribution in [0.15, 0.2) is 78.9 Å². The molecule has 0 saturated heterocycles. The fraction of sp³-hybridized carbons (Fsp3) is 0.286. The quantitative estimate of drug-likeness (QED) is 0.441. The number of carbonyl (C=O) groups is 2. The predicted molar refractivity (Wildman–Crippen MR) is 131 cm³/mol. The summed E-state index contributed by atoms with van der Waals surface area (Å²) in [6.07, 6.45) is 1.36. The molecule has 0 spiro atoms. The number of amides is 2. The van der Waals surface area contributed by atoms with Gasteiger partial charge in [0.15, 0.2) is 0 Å². The van der Waals surface area contributed by atoms with Crippen molar-refractivity contribution in [2.45, 2.75) is 45.3 Å². The highest BCUT2D eigenvalue weighted by Gasteiger charge is 2.30. The van der Waals surface area contributed by atoms with Crippen LogP contribution in [0.2, 0.25) is 0 Å². The summed E-state index contributed by atoms with van der Waals surface area (Å²) in [6, 6.07) is 22.4. The molecule has 34 heavy (non-hydrogen) atoms. The van der Waals surface area contributed by atoms with Crippen LogP contribution in [0.3, 0.4) is 0 Å². The van der Waals surface area contributed by atoms with E-state index in [1.54, 1.807) is 24.1 Å². The second-order valence-electron chi connectivity index (χ2n) is 8.13. The highest BCUT2D eigenvalue weighted by atomic mass is 19.1. The molecule has 0 bridgehead atoms. The van der Waals surface area contributed by atoms with Gasteiger partial charge in [0.05, 0.1) is 7.11 Å². The van der Waals surface area contributed by atoms with Gasteiger partial charge in [-0.1, -0.05) is 67.6 Å². The van der Waals surface area contributed by atoms with Crippen LogP contribution in [0.5, 0.6) is 5.75 Å². The van der Waals surface area contributed by atoms with Crippen molar-refractivity contribution in [2.75, 3.05) is 7.11 Å². The van der Waals surface area contributed by atoms with Crippen LogP contribution < -0.4 is 10.1 Å². The molecule has 0 aliphatic heterocycles. The number of ether oxygens (including phenoxy) is 1. The summed E-state index contributed by atoms with van der Waals surface area (Å²) in [5.41, 5.74) is 2.57. The third kappa shape index (κ3) is 6.91. The highest BCUT2D eigenvalue weighted by Crippen LogP contribution is 2.19. The number of benzene rings is 3. The number of nitrogens with zero attached hydrogens (tertiary/aromatic N) is 1. The first-order valence-electron chi connectivity index (χ1n) is 11.5. The number of nitrogens with one attached hydrogen (secondary N) is 1. The molecule has 0 fully saturated rings. The second kappa shape index (κ2) is 12.5. The largest absolute Gasteiger partial charge is 0.496 e. The van der Waals surface area contributed by atoms with E-state index in [0.29, 0.717) is 25.0 Å². The van der Waals surface area contributed by atoms with Crippen molar-refractivity contribution in [3.8, 4) is 5.75 Å². The number of hydrogen-bond acceptors (Lipinski definition) is 3. The molecule has 0 radical (unpaired) electrons. The Hall–Kier alpha value is -3.67. The lowest BCUT2D eigenvalue weighted by Crippen LogP contribution is -2.50. The van der Waals surface area contributed by atoms with Crippen molar-refractivity contribution < 1.29 is 18.7 Å². The molecular formula is C28H31FN2O3. The molecule has 0 saturated carbocycles. The maximum Gasteiger partial charge on any atom is 0.243 e. The van der Waals surface area contributed by atoms with Crippen LogP contribution in [0.25, 0.3) is 0 Å². The molecule has 178 valence electrons. The summed E-state index contributed by atoms with van der Waals surface area (Å²) in [6.45, 7) is 2.43. The minimum Gasteiger partial charge on any atom is -0.496 e. The van der Waals surface area contributed by atoms with Gasteiger partial charge in [0, 0.05) is 31.5 Å². The molecule has 3 rings (SSSR count). The number of carbonyl (C=O) groups excluding carboxylic acids is 2. The maximum absolute atomic E-state index is 13.5. The first kappa shape index (κ1) is 25.0. The molecule has 0 heterocycles. The summed E-state index contributed by atoms with van der Waals surface area (Å²) in [7, 11) is 1.59. The number of rotatable bonds is 11. The lowest BCUT2D eigenvalue weighted by atomic mass is 10.0. The van der Waals surface area contributed by atoms with E-state index in [9.17, 15) is 14.0 Å². The predicted octanol–water partition coefficient (Wildman–Crippen LogP) is 4.89. The molecule has 0 aliphatic rings. The molecule has 0 unspecified atom stereocenters. The van der Waals surface area contributed by atoms with Crippen LogP contribution in [0, 0.1) is 5.82 Å². The fourth-order valence-electron chi connectivity index (χ4n) is 3.85. The van der Waals surface area contributed by atoms with Crippen molar-refractivity contribution in [2.24, 2.45) is 0 Å². The molecule has 3 aromatic carbocycles. The zero-order chi connectivity index (χ0) is 24.3. The fourth-order valence-corrected chi connectivity index (χ4v) is 3.85. The van der Waals surface area contributed by atoms with Crippen LogP contribution in [-0.2, 0) is 29.1 Å². The van der Waals surface area contributed by atoms with Crippen molar-refractivity contribution in [1.82, 2.24) is 10.2 Å². The first-order valence-corrected chi connectivity index (χ1v) is 11.5. The SMILES string of the molecule is CCCC(=O)N(Cc1ccc(F)cc1)[C@H](Cc1ccccc1)C(=O)NCc1ccccc1OC. The van der Waals surface area contributed by atoms with Crippen LogP contribution >= 0.6 is 0 Å². The Labute approximate surface area is 200 Å². The molecule has 0 aliphatic carbocycles. The number of para-hydroxylation sites is 1. The Balaban J connectivity index is 1.88. The van der Waals surface area contributed by atoms with Gasteiger partial charge in [-0.25, -0.2) is 4.39 Å². The van der Waals surface area contributed by atoms with E-state index < -0.39 is 6.04 Å². The lowest BCUT2D eigenvalue weighted by molar-refractivity contribution is -0.141. The van der Waals surface area contributed by atoms with Gasteiger partial charge in [0.25, 0.3) is 0 Å². The van der Waals surface area contributed by atoms with E-state index in [4.69, 9.17) is 4.74 Å². The highest BCUT2D eigenvalue weighted by molar-refractivity contribution is 5.88. The van der Waals surface area contributed by atoms with Crippen molar-refractivity contribution in [1.29, 1.82) is 0 Å². The Kier molecular flexibility index (Phi) is 9.21. The molecule has 2 amide bonds. The average molecular weight is 463 g/mol. The Morgan fingerprint density at radius 2 is 1.62 bits per heavy atom. The van der Waals surface area contributed by atoms with Gasteiger partial charge in [-0.15, -0.1) is 0 Å². The zero-order valence-corrected chi connectivity index (χ0v) is 19.7. The van der Waals surface area contributed by atoms with Crippen LogP contribution in [-0.4, -0.2) is 29.9 Å². The molecule has 0 aromatic heterocycles. The molecular weight excluding hydrogens is 431 g/mol. The van der Waals surface area contributed by atoms with Gasteiger partial charge < -0.3 is 15.0 Å². The summed E-state index contributed by atoms with van der Waals surface area (Å²) in [5, 5.41) is 2.99. The summed E-state index contributed by atoms with van der Waals surface area (Å²) in [4.78, 5) is 28.3. The summed E-state index contributed by atoms with van der Waals surface area (Å²) >= 11 is 0. The monoisotopic (exact) mass is 462 g/mol. The van der Waals surface area contributed by atoms with E-state index in [1.807, 2.05) is 61.5 Å². The van der Waals surface area contributed by atoms with Gasteiger partial charge in [0.1, 0.15) is 17.6 Å². The van der Waals surface area contributed by atoms with Gasteiger partial charge in [0.2, 0.25) is 11.8 Å². The molecule has 5 nitrogen and oxygen atoms in total. The van der Waals surface area contributed by atoms with E-state index in [1.165, 1.54) is 12.1 Å². The van der Waals surface area contributed by atoms with Gasteiger partial charge in [-0.05, 0) is 35.7 Å². The minimum absolute atomic E-state index is 0.111. The van der Waals surface area contributed by atoms with Gasteiger partial charge in [-0.3, -0.25) is 9.59 Å². The maximum atomic E-state index is 13.5. The Morgan fingerprint density at radius 3 is 2.29 bits per heavy atom. The van der Waals surface area contributed by atoms with Crippen LogP contribution in [0.4, 0.5) is 4.39 Å². The molecule has 6 heteroatoms. The molecule has 1 atom stereocenters. The third-order valence-electron chi connectivity index (χ3n) is 5.65. The van der Waals surface area contributed by atoms with Gasteiger partial charge in [-0.2, -0.15) is 0 Å². The summed E-state index contributed by atoms with van der Waals surface area (Å²) in [5.74, 6) is -0.0141. The standard InChI is InChI=1S/C28H31FN2O3/c1-3-9-27(32)31(20-22-14-16-24(29)17-15-22)25(18-21-10-5-4-6-11-21)28(33)30-19-23-12-7-8-13-26(23)34-2/h4-8,10-17,25H,3,9,18-20H2,1-2H3,(H,30,33)/t25-/m1/s1. The number of methoxy groups -OCH3 is 1. The van der Waals surface area contributed by atoms with Crippen molar-refractivity contribution in [3.05, 3.63) is 101 Å². The normalized spacial score (nSPS) is 11.5. The average Bonchev–Trinajstić information content (AvgIpc) is 2.86. The lowest BCUT2D eigenvalue weighted by Gasteiger charge is -2.31. The smallest absolute Gasteiger partial charge is 0.243 e. The Bertz CT molecular complexity index is 1070. The van der Waals surface area contributed by atoms with Crippen molar-refractivity contribution in [3.63, 3.8) is 0 Å². The van der Waals surface area contributed by atoms with E-state index in [2.05, 4.69) is 5.32 Å². The third-order valence-corrected chi connectivity index (χ3v) is 5.65. The van der Waals surface area contributed by atoms with Crippen molar-refractivity contribution >= 4 is 11.8 Å². The summed E-state index contributed by atoms with van der Waals surface area (Å²) < 4.78 is 18.8. The number of halogens is 1. The van der Waals surface area contributed by atoms with E-state index in [-0.39, 0.29) is 30.7 Å². The van der Waals surface area contributed by atoms with E-state index >= 15 is 0 Å². The first-order chi connectivity index (χ1) is 16.5. The van der Waals surface area contributed by atoms with Gasteiger partial charge >= 0.3 is 0 Å². The number of hydrogen-bond donors (Lipinski definition) is 1. The topological polar surface area (TPSA) is 58.6 Å². The zero-order valence-electron chi connectivity index (χ0n) is 19.7. The van der Waals surface area contributed by atoms with E-state index in [0.717, 1.165) is 16.7 Å². The second-order valence-corrected chi connectivity index (χ2v) is 8.13. The minimum atomic E-state index is -0.721. The van der Waals surface area contributed by atoms with Crippen LogP contribution in [0.1, 0.15) is 36.5 Å². The molecule has 3 aromatic rings.